The molecular formula is C26H19N3O3. The van der Waals surface area contributed by atoms with Crippen molar-refractivity contribution in [3.8, 4) is 11.1 Å². The lowest BCUT2D eigenvalue weighted by molar-refractivity contribution is 0.0600. The molecule has 6 nitrogen and oxygen atoms in total. The van der Waals surface area contributed by atoms with Crippen molar-refractivity contribution < 1.29 is 9.53 Å². The topological polar surface area (TPSA) is 74.1 Å². The van der Waals surface area contributed by atoms with Crippen molar-refractivity contribution in [2.24, 2.45) is 0 Å². The molecule has 0 N–H and O–H groups in total. The molecule has 0 spiro atoms. The summed E-state index contributed by atoms with van der Waals surface area (Å²) in [6.45, 7) is 0.0891. The Balaban J connectivity index is 1.79. The minimum absolute atomic E-state index is 0.0891. The van der Waals surface area contributed by atoms with E-state index in [1.165, 1.54) is 18.0 Å². The Labute approximate surface area is 183 Å². The fraction of sp³-hybridized carbons (Fsp3) is 0.0769. The van der Waals surface area contributed by atoms with Gasteiger partial charge in [-0.05, 0) is 23.8 Å². The highest BCUT2D eigenvalue weighted by atomic mass is 16.5. The molecule has 6 heteroatoms. The van der Waals surface area contributed by atoms with Crippen LogP contribution in [0.1, 0.15) is 16.1 Å². The van der Waals surface area contributed by atoms with Gasteiger partial charge in [0.2, 0.25) is 0 Å². The van der Waals surface area contributed by atoms with Crippen LogP contribution in [0, 0.1) is 0 Å². The zero-order chi connectivity index (χ0) is 22.1. The van der Waals surface area contributed by atoms with Gasteiger partial charge in [0, 0.05) is 10.9 Å². The van der Waals surface area contributed by atoms with Gasteiger partial charge in [-0.3, -0.25) is 9.36 Å². The average molecular weight is 421 g/mol. The third-order valence-corrected chi connectivity index (χ3v) is 5.47. The molecule has 0 unspecified atom stereocenters. The number of benzene rings is 3. The van der Waals surface area contributed by atoms with Gasteiger partial charge in [0.05, 0.1) is 47.7 Å². The predicted molar refractivity (Wildman–Crippen MR) is 124 cm³/mol. The molecule has 0 saturated carbocycles. The summed E-state index contributed by atoms with van der Waals surface area (Å²) in [4.78, 5) is 35.2. The third-order valence-electron chi connectivity index (χ3n) is 5.47. The number of carbonyl (C=O) groups excluding carboxylic acids is 1. The quantitative estimate of drug-likeness (QED) is 0.401. The summed E-state index contributed by atoms with van der Waals surface area (Å²) >= 11 is 0. The molecule has 0 aliphatic rings. The molecule has 0 amide bonds. The Morgan fingerprint density at radius 2 is 1.53 bits per heavy atom. The van der Waals surface area contributed by atoms with E-state index in [4.69, 9.17) is 9.72 Å². The molecule has 156 valence electrons. The molecule has 0 saturated heterocycles. The summed E-state index contributed by atoms with van der Waals surface area (Å²) in [6, 6.07) is 24.5. The highest BCUT2D eigenvalue weighted by molar-refractivity contribution is 6.07. The van der Waals surface area contributed by atoms with E-state index >= 15 is 0 Å². The van der Waals surface area contributed by atoms with Gasteiger partial charge < -0.3 is 4.74 Å². The van der Waals surface area contributed by atoms with Crippen molar-refractivity contribution in [3.05, 3.63) is 107 Å². The highest BCUT2D eigenvalue weighted by Crippen LogP contribution is 2.33. The molecule has 2 aromatic heterocycles. The van der Waals surface area contributed by atoms with Gasteiger partial charge in [-0.1, -0.05) is 60.7 Å². The summed E-state index contributed by atoms with van der Waals surface area (Å²) in [6.07, 6.45) is 1.49. The number of ether oxygens (including phenoxy) is 1. The zero-order valence-electron chi connectivity index (χ0n) is 17.4. The lowest BCUT2D eigenvalue weighted by atomic mass is 9.94. The fourth-order valence-corrected chi connectivity index (χ4v) is 3.98. The maximum atomic E-state index is 13.1. The summed E-state index contributed by atoms with van der Waals surface area (Å²) in [5, 5.41) is 1.35. The van der Waals surface area contributed by atoms with E-state index in [0.717, 1.165) is 22.0 Å². The number of fused-ring (bicyclic) bond motifs is 2. The van der Waals surface area contributed by atoms with E-state index in [1.54, 1.807) is 18.2 Å². The Bertz CT molecular complexity index is 1520. The molecule has 0 aliphatic carbocycles. The van der Waals surface area contributed by atoms with Crippen LogP contribution in [0.25, 0.3) is 32.9 Å². The van der Waals surface area contributed by atoms with Crippen LogP contribution >= 0.6 is 0 Å². The largest absolute Gasteiger partial charge is 0.465 e. The van der Waals surface area contributed by atoms with Crippen molar-refractivity contribution >= 4 is 27.8 Å². The van der Waals surface area contributed by atoms with E-state index in [0.29, 0.717) is 22.2 Å². The lowest BCUT2D eigenvalue weighted by Crippen LogP contribution is -2.23. The maximum absolute atomic E-state index is 13.1. The molecule has 0 bridgehead atoms. The molecular weight excluding hydrogens is 402 g/mol. The van der Waals surface area contributed by atoms with E-state index < -0.39 is 5.97 Å². The number of methoxy groups -OCH3 is 1. The summed E-state index contributed by atoms with van der Waals surface area (Å²) in [5.41, 5.74) is 3.57. The van der Waals surface area contributed by atoms with E-state index in [1.807, 2.05) is 60.7 Å². The molecule has 32 heavy (non-hydrogen) atoms. The monoisotopic (exact) mass is 421 g/mol. The molecule has 5 rings (SSSR count). The van der Waals surface area contributed by atoms with Gasteiger partial charge in [-0.15, -0.1) is 0 Å². The van der Waals surface area contributed by atoms with Crippen molar-refractivity contribution in [2.75, 3.05) is 7.11 Å². The van der Waals surface area contributed by atoms with Gasteiger partial charge in [0.25, 0.3) is 5.56 Å². The molecule has 3 aromatic carbocycles. The molecule has 0 atom stereocenters. The van der Waals surface area contributed by atoms with Gasteiger partial charge >= 0.3 is 5.97 Å². The van der Waals surface area contributed by atoms with Crippen molar-refractivity contribution in [1.82, 2.24) is 14.5 Å². The highest BCUT2D eigenvalue weighted by Gasteiger charge is 2.23. The second kappa shape index (κ2) is 8.07. The van der Waals surface area contributed by atoms with Crippen molar-refractivity contribution in [1.29, 1.82) is 0 Å². The normalized spacial score (nSPS) is 11.0. The molecule has 0 radical (unpaired) electrons. The number of pyridine rings is 1. The Morgan fingerprint density at radius 1 is 0.875 bits per heavy atom. The summed E-state index contributed by atoms with van der Waals surface area (Å²) < 4.78 is 6.62. The molecule has 0 aliphatic heterocycles. The Hall–Kier alpha value is -4.32. The molecule has 0 fully saturated rings. The minimum atomic E-state index is -0.501. The number of carbonyl (C=O) groups is 1. The van der Waals surface area contributed by atoms with Gasteiger partial charge in [0.15, 0.2) is 0 Å². The first-order chi connectivity index (χ1) is 15.7. The average Bonchev–Trinajstić information content (AvgIpc) is 2.85. The zero-order valence-corrected chi connectivity index (χ0v) is 17.4. The lowest BCUT2D eigenvalue weighted by Gasteiger charge is -2.17. The second-order valence-corrected chi connectivity index (χ2v) is 7.38. The first-order valence-corrected chi connectivity index (χ1v) is 10.2. The van der Waals surface area contributed by atoms with Crippen LogP contribution in [0.15, 0.2) is 90.0 Å². The van der Waals surface area contributed by atoms with Crippen LogP contribution in [0.2, 0.25) is 0 Å². The van der Waals surface area contributed by atoms with E-state index in [2.05, 4.69) is 4.98 Å². The van der Waals surface area contributed by atoms with Crippen molar-refractivity contribution in [2.45, 2.75) is 6.54 Å². The van der Waals surface area contributed by atoms with Crippen molar-refractivity contribution in [3.63, 3.8) is 0 Å². The van der Waals surface area contributed by atoms with Gasteiger partial charge in [0.1, 0.15) is 0 Å². The smallest absolute Gasteiger partial charge is 0.340 e. The fourth-order valence-electron chi connectivity index (χ4n) is 3.98. The Morgan fingerprint density at radius 3 is 2.28 bits per heavy atom. The third kappa shape index (κ3) is 3.32. The van der Waals surface area contributed by atoms with Gasteiger partial charge in [-0.25, -0.2) is 14.8 Å². The standard InChI is InChI=1S/C26H19N3O3/c1-32-26(31)24-22(15-29-16-27-20-13-7-6-12-19(20)25(29)30)28-21-14-8-5-11-18(21)23(24)17-9-3-2-4-10-17/h2-14,16H,15H2,1H3. The maximum Gasteiger partial charge on any atom is 0.340 e. The number of nitrogens with zero attached hydrogens (tertiary/aromatic N) is 3. The predicted octanol–water partition coefficient (Wildman–Crippen LogP) is 4.45. The number of aromatic nitrogens is 3. The number of esters is 1. The number of hydrogen-bond acceptors (Lipinski definition) is 5. The number of hydrogen-bond donors (Lipinski definition) is 0. The first-order valence-electron chi connectivity index (χ1n) is 10.2. The first kappa shape index (κ1) is 19.6. The van der Waals surface area contributed by atoms with Crippen LogP contribution in [0.4, 0.5) is 0 Å². The van der Waals surface area contributed by atoms with Crippen LogP contribution in [-0.2, 0) is 11.3 Å². The summed E-state index contributed by atoms with van der Waals surface area (Å²) in [7, 11) is 1.35. The Kier molecular flexibility index (Phi) is 4.95. The van der Waals surface area contributed by atoms with Crippen LogP contribution in [0.3, 0.4) is 0 Å². The number of para-hydroxylation sites is 2. The minimum Gasteiger partial charge on any atom is -0.465 e. The number of rotatable bonds is 4. The van der Waals surface area contributed by atoms with Gasteiger partial charge in [-0.2, -0.15) is 0 Å². The summed E-state index contributed by atoms with van der Waals surface area (Å²) in [5.74, 6) is -0.501. The van der Waals surface area contributed by atoms with Crippen LogP contribution in [-0.4, -0.2) is 27.6 Å². The molecule has 2 heterocycles. The van der Waals surface area contributed by atoms with E-state index in [-0.39, 0.29) is 12.1 Å². The second-order valence-electron chi connectivity index (χ2n) is 7.38. The van der Waals surface area contributed by atoms with Crippen LogP contribution < -0.4 is 5.56 Å². The van der Waals surface area contributed by atoms with E-state index in [9.17, 15) is 9.59 Å². The molecule has 5 aromatic rings. The SMILES string of the molecule is COC(=O)c1c(Cn2cnc3ccccc3c2=O)nc2ccccc2c1-c1ccccc1. The van der Waals surface area contributed by atoms with Crippen LogP contribution in [0.5, 0.6) is 0 Å².